The van der Waals surface area contributed by atoms with Gasteiger partial charge in [0.25, 0.3) is 0 Å². The van der Waals surface area contributed by atoms with Crippen molar-refractivity contribution in [3.8, 4) is 0 Å². The first-order valence-electron chi connectivity index (χ1n) is 5.33. The van der Waals surface area contributed by atoms with Crippen LogP contribution in [0, 0.1) is 5.92 Å². The molecule has 2 atom stereocenters. The van der Waals surface area contributed by atoms with Crippen LogP contribution in [0.1, 0.15) is 54.6 Å². The van der Waals surface area contributed by atoms with Crippen molar-refractivity contribution < 1.29 is 0 Å². The Morgan fingerprint density at radius 2 is 2.21 bits per heavy atom. The Morgan fingerprint density at radius 1 is 1.57 bits per heavy atom. The predicted molar refractivity (Wildman–Crippen MR) is 60.6 cm³/mol. The van der Waals surface area contributed by atoms with Crippen LogP contribution in [0.3, 0.4) is 0 Å². The fourth-order valence-electron chi connectivity index (χ4n) is 1.80. The van der Waals surface area contributed by atoms with Gasteiger partial charge in [-0.15, -0.1) is 11.3 Å². The summed E-state index contributed by atoms with van der Waals surface area (Å²) in [6.07, 6.45) is 1.31. The topological polar surface area (TPSA) is 38.9 Å². The number of nitrogens with two attached hydrogens (primary N) is 1. The van der Waals surface area contributed by atoms with E-state index in [2.05, 4.69) is 20.8 Å². The van der Waals surface area contributed by atoms with Crippen LogP contribution in [-0.2, 0) is 6.54 Å². The van der Waals surface area contributed by atoms with E-state index in [1.54, 1.807) is 0 Å². The van der Waals surface area contributed by atoms with E-state index in [0.717, 1.165) is 11.8 Å². The highest BCUT2D eigenvalue weighted by molar-refractivity contribution is 7.11. The van der Waals surface area contributed by atoms with Crippen LogP contribution in [0.5, 0.6) is 0 Å². The Balaban J connectivity index is 2.27. The van der Waals surface area contributed by atoms with Gasteiger partial charge in [-0.25, -0.2) is 4.98 Å². The summed E-state index contributed by atoms with van der Waals surface area (Å²) in [5, 5.41) is 1.32. The molecule has 1 fully saturated rings. The van der Waals surface area contributed by atoms with E-state index in [4.69, 9.17) is 10.7 Å². The highest BCUT2D eigenvalue weighted by Crippen LogP contribution is 2.48. The number of rotatable bonds is 3. The van der Waals surface area contributed by atoms with Crippen LogP contribution < -0.4 is 5.73 Å². The maximum absolute atomic E-state index is 5.73. The molecule has 0 aromatic carbocycles. The lowest BCUT2D eigenvalue weighted by molar-refractivity contribution is 0.798. The lowest BCUT2D eigenvalue weighted by Crippen LogP contribution is -1.99. The number of hydrogen-bond donors (Lipinski definition) is 1. The van der Waals surface area contributed by atoms with Crippen molar-refractivity contribution in [3.63, 3.8) is 0 Å². The molecule has 0 spiro atoms. The summed E-state index contributed by atoms with van der Waals surface area (Å²) in [7, 11) is 0. The van der Waals surface area contributed by atoms with Crippen molar-refractivity contribution in [2.45, 2.75) is 45.6 Å². The van der Waals surface area contributed by atoms with Crippen molar-refractivity contribution in [2.24, 2.45) is 11.7 Å². The minimum atomic E-state index is 0.507. The third-order valence-corrected chi connectivity index (χ3v) is 4.13. The minimum Gasteiger partial charge on any atom is -0.326 e. The van der Waals surface area contributed by atoms with Crippen molar-refractivity contribution in [1.82, 2.24) is 4.98 Å². The fourth-order valence-corrected chi connectivity index (χ4v) is 3.15. The second-order valence-electron chi connectivity index (χ2n) is 4.54. The predicted octanol–water partition coefficient (Wildman–Crippen LogP) is 2.85. The van der Waals surface area contributed by atoms with Gasteiger partial charge >= 0.3 is 0 Å². The summed E-state index contributed by atoms with van der Waals surface area (Å²) >= 11 is 1.83. The normalized spacial score (nSPS) is 25.8. The van der Waals surface area contributed by atoms with Crippen LogP contribution in [-0.4, -0.2) is 4.98 Å². The van der Waals surface area contributed by atoms with Gasteiger partial charge in [0.2, 0.25) is 0 Å². The maximum Gasteiger partial charge on any atom is 0.0965 e. The summed E-state index contributed by atoms with van der Waals surface area (Å²) < 4.78 is 0. The summed E-state index contributed by atoms with van der Waals surface area (Å²) in [5.41, 5.74) is 6.96. The highest BCUT2D eigenvalue weighted by Gasteiger charge is 2.37. The van der Waals surface area contributed by atoms with Crippen LogP contribution in [0.4, 0.5) is 0 Å². The zero-order valence-corrected chi connectivity index (χ0v) is 9.90. The van der Waals surface area contributed by atoms with Crippen molar-refractivity contribution in [1.29, 1.82) is 0 Å². The molecule has 1 heterocycles. The molecule has 0 saturated heterocycles. The molecule has 1 aliphatic rings. The first kappa shape index (κ1) is 10.1. The number of thiazole rings is 1. The van der Waals surface area contributed by atoms with Gasteiger partial charge < -0.3 is 5.73 Å². The van der Waals surface area contributed by atoms with E-state index < -0.39 is 0 Å². The smallest absolute Gasteiger partial charge is 0.0965 e. The summed E-state index contributed by atoms with van der Waals surface area (Å²) in [4.78, 5) is 6.02. The average Bonchev–Trinajstić information content (AvgIpc) is 2.72. The van der Waals surface area contributed by atoms with Crippen LogP contribution in [0.2, 0.25) is 0 Å². The number of hydrogen-bond acceptors (Lipinski definition) is 3. The van der Waals surface area contributed by atoms with Crippen molar-refractivity contribution in [3.05, 3.63) is 15.6 Å². The Labute approximate surface area is 89.5 Å². The van der Waals surface area contributed by atoms with Crippen molar-refractivity contribution in [2.75, 3.05) is 0 Å². The molecular weight excluding hydrogens is 192 g/mol. The van der Waals surface area contributed by atoms with Gasteiger partial charge in [-0.2, -0.15) is 0 Å². The van der Waals surface area contributed by atoms with Gasteiger partial charge in [0.15, 0.2) is 0 Å². The van der Waals surface area contributed by atoms with Gasteiger partial charge in [0.05, 0.1) is 10.7 Å². The van der Waals surface area contributed by atoms with E-state index in [9.17, 15) is 0 Å². The van der Waals surface area contributed by atoms with Crippen LogP contribution in [0.15, 0.2) is 0 Å². The molecule has 2 N–H and O–H groups in total. The molecule has 1 aliphatic carbocycles. The average molecular weight is 210 g/mol. The summed E-state index contributed by atoms with van der Waals surface area (Å²) in [6, 6.07) is 0. The van der Waals surface area contributed by atoms with E-state index in [-0.39, 0.29) is 0 Å². The molecule has 1 saturated carbocycles. The molecule has 1 aromatic rings. The summed E-state index contributed by atoms with van der Waals surface area (Å²) in [6.45, 7) is 7.32. The lowest BCUT2D eigenvalue weighted by Gasteiger charge is -2.01. The quantitative estimate of drug-likeness (QED) is 0.833. The molecule has 14 heavy (non-hydrogen) atoms. The van der Waals surface area contributed by atoms with Gasteiger partial charge in [-0.3, -0.25) is 0 Å². The van der Waals surface area contributed by atoms with E-state index in [1.165, 1.54) is 22.0 Å². The second-order valence-corrected chi connectivity index (χ2v) is 5.65. The molecule has 2 nitrogen and oxygen atoms in total. The summed E-state index contributed by atoms with van der Waals surface area (Å²) in [5.74, 6) is 2.08. The third-order valence-electron chi connectivity index (χ3n) is 2.90. The van der Waals surface area contributed by atoms with Gasteiger partial charge in [0, 0.05) is 17.3 Å². The molecule has 2 unspecified atom stereocenters. The Kier molecular flexibility index (Phi) is 2.62. The molecule has 2 rings (SSSR count). The maximum atomic E-state index is 5.73. The lowest BCUT2D eigenvalue weighted by atomic mass is 10.1. The first-order valence-corrected chi connectivity index (χ1v) is 6.14. The van der Waals surface area contributed by atoms with Gasteiger partial charge in [-0.1, -0.05) is 20.8 Å². The molecule has 0 bridgehead atoms. The molecule has 1 aromatic heterocycles. The van der Waals surface area contributed by atoms with Gasteiger partial charge in [-0.05, 0) is 18.3 Å². The zero-order valence-electron chi connectivity index (χ0n) is 9.08. The Hall–Kier alpha value is -0.410. The minimum absolute atomic E-state index is 0.507. The van der Waals surface area contributed by atoms with E-state index in [0.29, 0.717) is 12.5 Å². The molecule has 0 aliphatic heterocycles. The SMILES string of the molecule is CC(C)c1nc(C2CC2C)sc1CN. The van der Waals surface area contributed by atoms with Crippen molar-refractivity contribution >= 4 is 11.3 Å². The van der Waals surface area contributed by atoms with Crippen LogP contribution in [0.25, 0.3) is 0 Å². The highest BCUT2D eigenvalue weighted by atomic mass is 32.1. The third kappa shape index (κ3) is 1.71. The standard InChI is InChI=1S/C11H18N2S/c1-6(2)10-9(5-12)14-11(13-10)8-4-7(8)3/h6-8H,4-5,12H2,1-3H3. The molecular formula is C11H18N2S. The Morgan fingerprint density at radius 3 is 2.57 bits per heavy atom. The fraction of sp³-hybridized carbons (Fsp3) is 0.727. The second kappa shape index (κ2) is 3.63. The van der Waals surface area contributed by atoms with E-state index in [1.807, 2.05) is 11.3 Å². The Bertz CT molecular complexity index is 330. The zero-order chi connectivity index (χ0) is 10.3. The van der Waals surface area contributed by atoms with Gasteiger partial charge in [0.1, 0.15) is 0 Å². The monoisotopic (exact) mass is 210 g/mol. The molecule has 78 valence electrons. The largest absolute Gasteiger partial charge is 0.326 e. The number of nitrogens with zero attached hydrogens (tertiary/aromatic N) is 1. The van der Waals surface area contributed by atoms with E-state index >= 15 is 0 Å². The first-order chi connectivity index (χ1) is 6.63. The van der Waals surface area contributed by atoms with Crippen LogP contribution >= 0.6 is 11.3 Å². The number of aromatic nitrogens is 1. The molecule has 0 radical (unpaired) electrons. The molecule has 0 amide bonds. The molecule has 3 heteroatoms.